The van der Waals surface area contributed by atoms with E-state index in [0.717, 1.165) is 56.1 Å². The van der Waals surface area contributed by atoms with E-state index in [-0.39, 0.29) is 5.91 Å². The maximum absolute atomic E-state index is 13.2. The highest BCUT2D eigenvalue weighted by molar-refractivity contribution is 5.91. The van der Waals surface area contributed by atoms with Gasteiger partial charge in [0.15, 0.2) is 0 Å². The molecule has 1 atom stereocenters. The van der Waals surface area contributed by atoms with Crippen LogP contribution < -0.4 is 4.90 Å². The van der Waals surface area contributed by atoms with E-state index in [2.05, 4.69) is 35.8 Å². The summed E-state index contributed by atoms with van der Waals surface area (Å²) >= 11 is 0. The summed E-state index contributed by atoms with van der Waals surface area (Å²) in [5.41, 5.74) is 2.40. The molecule has 1 aromatic heterocycles. The Labute approximate surface area is 162 Å². The summed E-state index contributed by atoms with van der Waals surface area (Å²) in [4.78, 5) is 29.1. The number of likely N-dealkylation sites (N-methyl/N-ethyl adjacent to an activating group) is 1. The van der Waals surface area contributed by atoms with E-state index in [9.17, 15) is 4.79 Å². The molecule has 1 aliphatic carbocycles. The monoisotopic (exact) mass is 371 g/mol. The van der Waals surface area contributed by atoms with Crippen molar-refractivity contribution in [2.24, 2.45) is 5.41 Å². The Kier molecular flexibility index (Phi) is 4.87. The standard InChI is InChI=1S/C21H33N5O/c1-15-16(2)22-18(23-19(15)25-11-7-17(13-25)24(3)4)20(27)26-12-10-21(14-26)8-5-6-9-21/h17H,5-14H2,1-4H3/t17-/m1/s1. The molecule has 1 saturated carbocycles. The minimum Gasteiger partial charge on any atom is -0.355 e. The molecule has 2 aliphatic heterocycles. The number of aromatic nitrogens is 2. The maximum atomic E-state index is 13.2. The van der Waals surface area contributed by atoms with E-state index in [0.29, 0.717) is 17.3 Å². The third-order valence-corrected chi connectivity index (χ3v) is 7.14. The van der Waals surface area contributed by atoms with E-state index in [1.165, 1.54) is 25.7 Å². The minimum atomic E-state index is 0.0199. The van der Waals surface area contributed by atoms with Crippen molar-refractivity contribution in [3.8, 4) is 0 Å². The molecule has 6 nitrogen and oxygen atoms in total. The Morgan fingerprint density at radius 2 is 1.85 bits per heavy atom. The van der Waals surface area contributed by atoms with Gasteiger partial charge in [-0.3, -0.25) is 4.79 Å². The van der Waals surface area contributed by atoms with Crippen molar-refractivity contribution in [2.45, 2.75) is 58.4 Å². The van der Waals surface area contributed by atoms with Crippen LogP contribution in [0.3, 0.4) is 0 Å². The van der Waals surface area contributed by atoms with Crippen LogP contribution in [0, 0.1) is 19.3 Å². The van der Waals surface area contributed by atoms with Gasteiger partial charge in [-0.05, 0) is 59.0 Å². The lowest BCUT2D eigenvalue weighted by Crippen LogP contribution is -2.34. The molecule has 3 aliphatic rings. The van der Waals surface area contributed by atoms with E-state index in [4.69, 9.17) is 4.98 Å². The van der Waals surface area contributed by atoms with Crippen molar-refractivity contribution < 1.29 is 4.79 Å². The fraction of sp³-hybridized carbons (Fsp3) is 0.762. The van der Waals surface area contributed by atoms with Crippen LogP contribution in [0.1, 0.15) is 60.4 Å². The summed E-state index contributed by atoms with van der Waals surface area (Å²) in [5.74, 6) is 1.35. The molecule has 4 rings (SSSR count). The summed E-state index contributed by atoms with van der Waals surface area (Å²) in [6.45, 7) is 7.77. The smallest absolute Gasteiger partial charge is 0.291 e. The Balaban J connectivity index is 1.55. The average Bonchev–Trinajstić information content (AvgIpc) is 3.39. The largest absolute Gasteiger partial charge is 0.355 e. The minimum absolute atomic E-state index is 0.0199. The molecule has 0 bridgehead atoms. The van der Waals surface area contributed by atoms with Gasteiger partial charge in [0.2, 0.25) is 5.82 Å². The predicted molar refractivity (Wildman–Crippen MR) is 107 cm³/mol. The highest BCUT2D eigenvalue weighted by atomic mass is 16.2. The Hall–Kier alpha value is -1.69. The zero-order valence-corrected chi connectivity index (χ0v) is 17.3. The van der Waals surface area contributed by atoms with Gasteiger partial charge in [-0.25, -0.2) is 9.97 Å². The van der Waals surface area contributed by atoms with Crippen LogP contribution in [0.15, 0.2) is 0 Å². The maximum Gasteiger partial charge on any atom is 0.291 e. The number of carbonyl (C=O) groups is 1. The number of rotatable bonds is 3. The highest BCUT2D eigenvalue weighted by Gasteiger charge is 2.42. The first-order chi connectivity index (χ1) is 12.9. The first-order valence-electron chi connectivity index (χ1n) is 10.4. The number of amides is 1. The van der Waals surface area contributed by atoms with Crippen molar-refractivity contribution in [1.29, 1.82) is 0 Å². The van der Waals surface area contributed by atoms with Crippen LogP contribution in [0.4, 0.5) is 5.82 Å². The number of nitrogens with zero attached hydrogens (tertiary/aromatic N) is 5. The summed E-state index contributed by atoms with van der Waals surface area (Å²) in [5, 5.41) is 0. The Bertz CT molecular complexity index is 726. The zero-order chi connectivity index (χ0) is 19.2. The van der Waals surface area contributed by atoms with Gasteiger partial charge in [0, 0.05) is 43.5 Å². The molecule has 148 valence electrons. The predicted octanol–water partition coefficient (Wildman–Crippen LogP) is 2.64. The lowest BCUT2D eigenvalue weighted by atomic mass is 9.86. The molecule has 1 amide bonds. The van der Waals surface area contributed by atoms with E-state index >= 15 is 0 Å². The molecule has 3 heterocycles. The summed E-state index contributed by atoms with van der Waals surface area (Å²) in [6.07, 6.45) is 7.45. The van der Waals surface area contributed by atoms with Crippen LogP contribution in [0.5, 0.6) is 0 Å². The fourth-order valence-corrected chi connectivity index (χ4v) is 5.16. The molecule has 0 N–H and O–H groups in total. The summed E-state index contributed by atoms with van der Waals surface area (Å²) < 4.78 is 0. The number of hydrogen-bond donors (Lipinski definition) is 0. The molecule has 0 aromatic carbocycles. The van der Waals surface area contributed by atoms with E-state index < -0.39 is 0 Å². The van der Waals surface area contributed by atoms with Gasteiger partial charge in [0.05, 0.1) is 0 Å². The first kappa shape index (κ1) is 18.7. The highest BCUT2D eigenvalue weighted by Crippen LogP contribution is 2.45. The van der Waals surface area contributed by atoms with Crippen molar-refractivity contribution in [3.05, 3.63) is 17.1 Å². The zero-order valence-electron chi connectivity index (χ0n) is 17.3. The quantitative estimate of drug-likeness (QED) is 0.818. The van der Waals surface area contributed by atoms with Crippen molar-refractivity contribution >= 4 is 11.7 Å². The lowest BCUT2D eigenvalue weighted by molar-refractivity contribution is 0.0761. The van der Waals surface area contributed by atoms with Gasteiger partial charge in [-0.1, -0.05) is 12.8 Å². The van der Waals surface area contributed by atoms with Crippen LogP contribution in [-0.2, 0) is 0 Å². The summed E-state index contributed by atoms with van der Waals surface area (Å²) in [7, 11) is 4.26. The Morgan fingerprint density at radius 1 is 1.11 bits per heavy atom. The lowest BCUT2D eigenvalue weighted by Gasteiger charge is -2.25. The Morgan fingerprint density at radius 3 is 2.52 bits per heavy atom. The molecule has 3 fully saturated rings. The normalized spacial score (nSPS) is 24.6. The molecule has 1 aromatic rings. The van der Waals surface area contributed by atoms with Gasteiger partial charge in [0.25, 0.3) is 5.91 Å². The molecular formula is C21H33N5O. The number of aryl methyl sites for hydroxylation is 1. The number of carbonyl (C=O) groups excluding carboxylic acids is 1. The summed E-state index contributed by atoms with van der Waals surface area (Å²) in [6, 6.07) is 0.541. The van der Waals surface area contributed by atoms with Crippen molar-refractivity contribution in [3.63, 3.8) is 0 Å². The SMILES string of the molecule is Cc1nc(C(=O)N2CCC3(CCCC3)C2)nc(N2CC[C@@H](N(C)C)C2)c1C. The number of anilines is 1. The van der Waals surface area contributed by atoms with Crippen LogP contribution in [0.25, 0.3) is 0 Å². The molecule has 27 heavy (non-hydrogen) atoms. The molecule has 0 unspecified atom stereocenters. The van der Waals surface area contributed by atoms with E-state index in [1.807, 2.05) is 11.8 Å². The molecule has 1 spiro atoms. The van der Waals surface area contributed by atoms with Crippen LogP contribution in [-0.4, -0.2) is 72.0 Å². The van der Waals surface area contributed by atoms with Gasteiger partial charge in [-0.2, -0.15) is 0 Å². The molecule has 2 saturated heterocycles. The van der Waals surface area contributed by atoms with Crippen molar-refractivity contribution in [2.75, 3.05) is 45.2 Å². The van der Waals surface area contributed by atoms with Gasteiger partial charge < -0.3 is 14.7 Å². The van der Waals surface area contributed by atoms with Crippen LogP contribution in [0.2, 0.25) is 0 Å². The second-order valence-electron chi connectivity index (χ2n) is 9.12. The number of hydrogen-bond acceptors (Lipinski definition) is 5. The third-order valence-electron chi connectivity index (χ3n) is 7.14. The second kappa shape index (κ2) is 7.04. The van der Waals surface area contributed by atoms with Gasteiger partial charge >= 0.3 is 0 Å². The second-order valence-corrected chi connectivity index (χ2v) is 9.12. The molecule has 6 heteroatoms. The third kappa shape index (κ3) is 3.44. The van der Waals surface area contributed by atoms with Crippen LogP contribution >= 0.6 is 0 Å². The fourth-order valence-electron chi connectivity index (χ4n) is 5.16. The van der Waals surface area contributed by atoms with Gasteiger partial charge in [0.1, 0.15) is 5.82 Å². The average molecular weight is 372 g/mol. The molecule has 0 radical (unpaired) electrons. The molecular weight excluding hydrogens is 338 g/mol. The first-order valence-corrected chi connectivity index (χ1v) is 10.4. The topological polar surface area (TPSA) is 52.6 Å². The van der Waals surface area contributed by atoms with E-state index in [1.54, 1.807) is 0 Å². The number of likely N-dealkylation sites (tertiary alicyclic amines) is 1. The van der Waals surface area contributed by atoms with Gasteiger partial charge in [-0.15, -0.1) is 0 Å². The van der Waals surface area contributed by atoms with Crippen molar-refractivity contribution in [1.82, 2.24) is 19.8 Å².